The minimum Gasteiger partial charge on any atom is -0.342 e. The second-order valence-corrected chi connectivity index (χ2v) is 5.60. The number of anilines is 1. The lowest BCUT2D eigenvalue weighted by Gasteiger charge is -2.32. The summed E-state index contributed by atoms with van der Waals surface area (Å²) in [4.78, 5) is 30.2. The highest BCUT2D eigenvalue weighted by Gasteiger charge is 2.28. The molecule has 1 fully saturated rings. The first-order chi connectivity index (χ1) is 10.1. The molecule has 2 amide bonds. The van der Waals surface area contributed by atoms with E-state index in [-0.39, 0.29) is 17.7 Å². The summed E-state index contributed by atoms with van der Waals surface area (Å²) in [6.45, 7) is 5.20. The Kier molecular flexibility index (Phi) is 5.31. The van der Waals surface area contributed by atoms with Gasteiger partial charge >= 0.3 is 0 Å². The number of amides is 2. The molecular formula is C16H23N3O2. The van der Waals surface area contributed by atoms with Crippen LogP contribution >= 0.6 is 0 Å². The summed E-state index contributed by atoms with van der Waals surface area (Å²) >= 11 is 0. The summed E-state index contributed by atoms with van der Waals surface area (Å²) in [5.41, 5.74) is 1.64. The molecule has 114 valence electrons. The van der Waals surface area contributed by atoms with Crippen molar-refractivity contribution in [3.05, 3.63) is 24.0 Å². The first kappa shape index (κ1) is 15.5. The van der Waals surface area contributed by atoms with Gasteiger partial charge < -0.3 is 10.2 Å². The van der Waals surface area contributed by atoms with Crippen molar-refractivity contribution >= 4 is 17.5 Å². The van der Waals surface area contributed by atoms with Crippen LogP contribution in [0.25, 0.3) is 0 Å². The van der Waals surface area contributed by atoms with Crippen molar-refractivity contribution in [1.29, 1.82) is 0 Å². The molecule has 5 nitrogen and oxygen atoms in total. The molecule has 0 radical (unpaired) electrons. The fourth-order valence-electron chi connectivity index (χ4n) is 2.66. The number of carbonyl (C=O) groups is 2. The molecular weight excluding hydrogens is 266 g/mol. The van der Waals surface area contributed by atoms with Crippen LogP contribution in [0.3, 0.4) is 0 Å². The van der Waals surface area contributed by atoms with E-state index in [1.165, 1.54) is 0 Å². The Balaban J connectivity index is 1.94. The van der Waals surface area contributed by atoms with Crippen molar-refractivity contribution in [3.8, 4) is 0 Å². The smallest absolute Gasteiger partial charge is 0.229 e. The zero-order valence-corrected chi connectivity index (χ0v) is 12.8. The third-order valence-corrected chi connectivity index (χ3v) is 3.77. The van der Waals surface area contributed by atoms with Crippen molar-refractivity contribution < 1.29 is 9.59 Å². The summed E-state index contributed by atoms with van der Waals surface area (Å²) in [6, 6.07) is 3.63. The van der Waals surface area contributed by atoms with Crippen LogP contribution in [0.2, 0.25) is 0 Å². The van der Waals surface area contributed by atoms with E-state index in [4.69, 9.17) is 0 Å². The Hall–Kier alpha value is -1.91. The van der Waals surface area contributed by atoms with Gasteiger partial charge in [-0.15, -0.1) is 0 Å². The van der Waals surface area contributed by atoms with Gasteiger partial charge in [-0.3, -0.25) is 14.6 Å². The number of hydrogen-bond acceptors (Lipinski definition) is 3. The number of aryl methyl sites for hydroxylation is 1. The second kappa shape index (κ2) is 7.20. The van der Waals surface area contributed by atoms with E-state index >= 15 is 0 Å². The zero-order chi connectivity index (χ0) is 15.2. The fourth-order valence-corrected chi connectivity index (χ4v) is 2.66. The maximum absolute atomic E-state index is 12.3. The van der Waals surface area contributed by atoms with Gasteiger partial charge in [0, 0.05) is 37.1 Å². The lowest BCUT2D eigenvalue weighted by molar-refractivity contribution is -0.134. The third kappa shape index (κ3) is 4.28. The molecule has 0 spiro atoms. The number of piperidine rings is 1. The summed E-state index contributed by atoms with van der Waals surface area (Å²) in [7, 11) is 0. The Morgan fingerprint density at radius 1 is 1.48 bits per heavy atom. The largest absolute Gasteiger partial charge is 0.342 e. The maximum atomic E-state index is 12.3. The van der Waals surface area contributed by atoms with E-state index in [2.05, 4.69) is 10.3 Å². The van der Waals surface area contributed by atoms with Crippen molar-refractivity contribution in [3.63, 3.8) is 0 Å². The van der Waals surface area contributed by atoms with Gasteiger partial charge in [0.2, 0.25) is 11.8 Å². The average Bonchev–Trinajstić information content (AvgIpc) is 2.47. The van der Waals surface area contributed by atoms with Gasteiger partial charge in [0.15, 0.2) is 0 Å². The van der Waals surface area contributed by atoms with Crippen LogP contribution in [0.15, 0.2) is 18.3 Å². The number of hydrogen-bond donors (Lipinski definition) is 1. The molecule has 0 unspecified atom stereocenters. The lowest BCUT2D eigenvalue weighted by Crippen LogP contribution is -2.43. The standard InChI is InChI=1S/C16H23N3O2/c1-3-5-15(20)19-9-4-6-13(11-19)16(21)18-14-7-8-17-12(2)10-14/h7-8,10,13H,3-6,9,11H2,1-2H3,(H,17,18,21)/t13-/m1/s1. The number of nitrogens with zero attached hydrogens (tertiary/aromatic N) is 2. The van der Waals surface area contributed by atoms with E-state index in [1.807, 2.05) is 24.8 Å². The molecule has 0 aliphatic carbocycles. The van der Waals surface area contributed by atoms with Crippen LogP contribution < -0.4 is 5.32 Å². The van der Waals surface area contributed by atoms with Crippen LogP contribution in [0.5, 0.6) is 0 Å². The predicted octanol–water partition coefficient (Wildman–Crippen LogP) is 2.37. The molecule has 1 atom stereocenters. The molecule has 2 heterocycles. The van der Waals surface area contributed by atoms with Crippen molar-refractivity contribution in [2.75, 3.05) is 18.4 Å². The fraction of sp³-hybridized carbons (Fsp3) is 0.562. The van der Waals surface area contributed by atoms with E-state index < -0.39 is 0 Å². The number of nitrogens with one attached hydrogen (secondary N) is 1. The van der Waals surface area contributed by atoms with Crippen molar-refractivity contribution in [2.45, 2.75) is 39.5 Å². The van der Waals surface area contributed by atoms with Crippen molar-refractivity contribution in [2.24, 2.45) is 5.92 Å². The first-order valence-corrected chi connectivity index (χ1v) is 7.61. The number of rotatable bonds is 4. The number of pyridine rings is 1. The molecule has 21 heavy (non-hydrogen) atoms. The van der Waals surface area contributed by atoms with Gasteiger partial charge in [0.25, 0.3) is 0 Å². The van der Waals surface area contributed by atoms with Gasteiger partial charge in [0.05, 0.1) is 5.92 Å². The van der Waals surface area contributed by atoms with Crippen LogP contribution in [0.1, 0.15) is 38.3 Å². The summed E-state index contributed by atoms with van der Waals surface area (Å²) < 4.78 is 0. The Bertz CT molecular complexity index is 516. The molecule has 1 aliphatic heterocycles. The van der Waals surface area contributed by atoms with Gasteiger partial charge in [-0.2, -0.15) is 0 Å². The van der Waals surface area contributed by atoms with Gasteiger partial charge in [-0.05, 0) is 38.3 Å². The molecule has 0 saturated carbocycles. The lowest BCUT2D eigenvalue weighted by atomic mass is 9.96. The van der Waals surface area contributed by atoms with E-state index in [1.54, 1.807) is 12.3 Å². The molecule has 0 aromatic carbocycles. The highest BCUT2D eigenvalue weighted by atomic mass is 16.2. The molecule has 1 aromatic heterocycles. The molecule has 1 aromatic rings. The van der Waals surface area contributed by atoms with Gasteiger partial charge in [0.1, 0.15) is 0 Å². The highest BCUT2D eigenvalue weighted by Crippen LogP contribution is 2.19. The van der Waals surface area contributed by atoms with E-state index in [9.17, 15) is 9.59 Å². The average molecular weight is 289 g/mol. The maximum Gasteiger partial charge on any atom is 0.229 e. The van der Waals surface area contributed by atoms with Gasteiger partial charge in [-0.25, -0.2) is 0 Å². The van der Waals surface area contributed by atoms with Crippen LogP contribution in [-0.4, -0.2) is 34.8 Å². The number of aromatic nitrogens is 1. The third-order valence-electron chi connectivity index (χ3n) is 3.77. The molecule has 0 bridgehead atoms. The summed E-state index contributed by atoms with van der Waals surface area (Å²) in [5, 5.41) is 2.93. The minimum atomic E-state index is -0.118. The summed E-state index contributed by atoms with van der Waals surface area (Å²) in [5.74, 6) is 0.0392. The van der Waals surface area contributed by atoms with E-state index in [0.717, 1.165) is 37.2 Å². The normalized spacial score (nSPS) is 18.4. The topological polar surface area (TPSA) is 62.3 Å². The zero-order valence-electron chi connectivity index (χ0n) is 12.8. The SMILES string of the molecule is CCCC(=O)N1CCC[C@@H](C(=O)Nc2ccnc(C)c2)C1. The highest BCUT2D eigenvalue weighted by molar-refractivity contribution is 5.93. The predicted molar refractivity (Wildman–Crippen MR) is 81.8 cm³/mol. The molecule has 1 saturated heterocycles. The Morgan fingerprint density at radius 2 is 2.29 bits per heavy atom. The monoisotopic (exact) mass is 289 g/mol. The Morgan fingerprint density at radius 3 is 3.00 bits per heavy atom. The number of likely N-dealkylation sites (tertiary alicyclic amines) is 1. The first-order valence-electron chi connectivity index (χ1n) is 7.61. The van der Waals surface area contributed by atoms with Crippen LogP contribution in [-0.2, 0) is 9.59 Å². The Labute approximate surface area is 125 Å². The summed E-state index contributed by atoms with van der Waals surface area (Å²) in [6.07, 6.45) is 4.83. The van der Waals surface area contributed by atoms with E-state index in [0.29, 0.717) is 13.0 Å². The minimum absolute atomic E-state index is 0.00500. The van der Waals surface area contributed by atoms with Crippen molar-refractivity contribution in [1.82, 2.24) is 9.88 Å². The molecule has 1 aliphatic rings. The van der Waals surface area contributed by atoms with Gasteiger partial charge in [-0.1, -0.05) is 6.92 Å². The molecule has 5 heteroatoms. The second-order valence-electron chi connectivity index (χ2n) is 5.60. The van der Waals surface area contributed by atoms with Crippen LogP contribution in [0.4, 0.5) is 5.69 Å². The van der Waals surface area contributed by atoms with Crippen LogP contribution in [0, 0.1) is 12.8 Å². The molecule has 1 N–H and O–H groups in total. The molecule has 2 rings (SSSR count). The number of carbonyl (C=O) groups excluding carboxylic acids is 2. The quantitative estimate of drug-likeness (QED) is 0.925.